The van der Waals surface area contributed by atoms with Crippen LogP contribution in [0.5, 0.6) is 5.75 Å². The monoisotopic (exact) mass is 422 g/mol. The summed E-state index contributed by atoms with van der Waals surface area (Å²) >= 11 is 2.89. The van der Waals surface area contributed by atoms with Crippen molar-refractivity contribution in [2.75, 3.05) is 12.4 Å². The molecule has 0 aliphatic heterocycles. The zero-order valence-corrected chi connectivity index (χ0v) is 17.2. The second kappa shape index (κ2) is 8.93. The lowest BCUT2D eigenvalue weighted by Gasteiger charge is -2.15. The Morgan fingerprint density at radius 3 is 2.76 bits per heavy atom. The van der Waals surface area contributed by atoms with E-state index in [1.165, 1.54) is 11.8 Å². The first kappa shape index (κ1) is 19.2. The van der Waals surface area contributed by atoms with Crippen LogP contribution >= 0.6 is 23.1 Å². The summed E-state index contributed by atoms with van der Waals surface area (Å²) in [6, 6.07) is 20.8. The standard InChI is InChI=1S/C21H18N4O2S2/c1-27-16-10-5-9-15(13-16)22-20(26)18(14-7-3-2-4-8-14)29-21-23-19(24-25-21)17-11-6-12-28-17/h2-13,18H,1H3,(H,22,26)(H,23,24,25). The van der Waals surface area contributed by atoms with Crippen molar-refractivity contribution in [3.05, 3.63) is 77.7 Å². The first-order chi connectivity index (χ1) is 14.2. The fourth-order valence-electron chi connectivity index (χ4n) is 2.74. The molecular weight excluding hydrogens is 404 g/mol. The molecule has 4 rings (SSSR count). The summed E-state index contributed by atoms with van der Waals surface area (Å²) in [5, 5.41) is 12.2. The number of anilines is 1. The lowest BCUT2D eigenvalue weighted by molar-refractivity contribution is -0.115. The van der Waals surface area contributed by atoms with Crippen LogP contribution in [0.4, 0.5) is 5.69 Å². The molecule has 146 valence electrons. The van der Waals surface area contributed by atoms with Crippen molar-refractivity contribution in [3.63, 3.8) is 0 Å². The van der Waals surface area contributed by atoms with Gasteiger partial charge in [0.2, 0.25) is 11.1 Å². The molecule has 1 amide bonds. The van der Waals surface area contributed by atoms with Gasteiger partial charge in [0.1, 0.15) is 11.0 Å². The van der Waals surface area contributed by atoms with E-state index >= 15 is 0 Å². The Morgan fingerprint density at radius 1 is 1.14 bits per heavy atom. The quantitative estimate of drug-likeness (QED) is 0.409. The molecule has 2 N–H and O–H groups in total. The third-order valence-electron chi connectivity index (χ3n) is 4.12. The van der Waals surface area contributed by atoms with Gasteiger partial charge in [-0.2, -0.15) is 0 Å². The van der Waals surface area contributed by atoms with Crippen molar-refractivity contribution in [3.8, 4) is 16.5 Å². The van der Waals surface area contributed by atoms with Crippen LogP contribution in [-0.4, -0.2) is 28.2 Å². The highest BCUT2D eigenvalue weighted by molar-refractivity contribution is 8.00. The Hall–Kier alpha value is -3.10. The lowest BCUT2D eigenvalue weighted by Crippen LogP contribution is -2.19. The molecule has 8 heteroatoms. The van der Waals surface area contributed by atoms with Gasteiger partial charge in [-0.05, 0) is 29.1 Å². The van der Waals surface area contributed by atoms with Crippen molar-refractivity contribution in [1.29, 1.82) is 0 Å². The van der Waals surface area contributed by atoms with E-state index in [4.69, 9.17) is 4.74 Å². The van der Waals surface area contributed by atoms with Crippen molar-refractivity contribution in [1.82, 2.24) is 15.2 Å². The number of methoxy groups -OCH3 is 1. The molecule has 0 radical (unpaired) electrons. The van der Waals surface area contributed by atoms with Crippen molar-refractivity contribution >= 4 is 34.7 Å². The summed E-state index contributed by atoms with van der Waals surface area (Å²) in [6.45, 7) is 0. The molecule has 2 aromatic heterocycles. The number of thioether (sulfide) groups is 1. The number of nitrogens with zero attached hydrogens (tertiary/aromatic N) is 2. The van der Waals surface area contributed by atoms with Crippen LogP contribution in [0.2, 0.25) is 0 Å². The number of aromatic amines is 1. The summed E-state index contributed by atoms with van der Waals surface area (Å²) in [5.74, 6) is 1.22. The molecule has 1 atom stereocenters. The van der Waals surface area contributed by atoms with Crippen LogP contribution in [-0.2, 0) is 4.79 Å². The number of aromatic nitrogens is 3. The van der Waals surface area contributed by atoms with Gasteiger partial charge < -0.3 is 10.1 Å². The van der Waals surface area contributed by atoms with Gasteiger partial charge in [-0.15, -0.1) is 16.4 Å². The summed E-state index contributed by atoms with van der Waals surface area (Å²) in [5.41, 5.74) is 1.55. The second-order valence-electron chi connectivity index (χ2n) is 6.07. The molecule has 0 spiro atoms. The average Bonchev–Trinajstić information content (AvgIpc) is 3.44. The van der Waals surface area contributed by atoms with Crippen LogP contribution in [0.3, 0.4) is 0 Å². The third-order valence-corrected chi connectivity index (χ3v) is 6.11. The predicted octanol–water partition coefficient (Wildman–Crippen LogP) is 5.01. The van der Waals surface area contributed by atoms with Crippen molar-refractivity contribution < 1.29 is 9.53 Å². The number of hydrogen-bond acceptors (Lipinski definition) is 6. The maximum Gasteiger partial charge on any atom is 0.242 e. The molecule has 0 aliphatic carbocycles. The maximum absolute atomic E-state index is 13.1. The molecule has 0 aliphatic rings. The van der Waals surface area contributed by atoms with Gasteiger partial charge in [0, 0.05) is 11.8 Å². The van der Waals surface area contributed by atoms with Gasteiger partial charge >= 0.3 is 0 Å². The number of H-pyrrole nitrogens is 1. The predicted molar refractivity (Wildman–Crippen MR) is 116 cm³/mol. The van der Waals surface area contributed by atoms with Gasteiger partial charge in [-0.1, -0.05) is 54.2 Å². The molecular formula is C21H18N4O2S2. The highest BCUT2D eigenvalue weighted by Crippen LogP contribution is 2.35. The van der Waals surface area contributed by atoms with Crippen LogP contribution < -0.4 is 10.1 Å². The first-order valence-electron chi connectivity index (χ1n) is 8.86. The second-order valence-corrected chi connectivity index (χ2v) is 8.09. The number of amides is 1. The summed E-state index contributed by atoms with van der Waals surface area (Å²) < 4.78 is 5.24. The minimum atomic E-state index is -0.505. The fourth-order valence-corrected chi connectivity index (χ4v) is 4.31. The normalized spacial score (nSPS) is 11.8. The number of carbonyl (C=O) groups excluding carboxylic acids is 1. The Labute approximate surface area is 176 Å². The molecule has 2 aromatic carbocycles. The summed E-state index contributed by atoms with van der Waals surface area (Å²) in [4.78, 5) is 18.7. The minimum absolute atomic E-state index is 0.156. The van der Waals surface area contributed by atoms with E-state index < -0.39 is 5.25 Å². The number of thiophene rings is 1. The van der Waals surface area contributed by atoms with Crippen LogP contribution in [0, 0.1) is 0 Å². The van der Waals surface area contributed by atoms with E-state index in [0.717, 1.165) is 10.4 Å². The van der Waals surface area contributed by atoms with E-state index in [1.54, 1.807) is 24.5 Å². The Bertz CT molecular complexity index is 1080. The molecule has 6 nitrogen and oxygen atoms in total. The van der Waals surface area contributed by atoms with Crippen molar-refractivity contribution in [2.45, 2.75) is 10.4 Å². The Balaban J connectivity index is 1.57. The number of carbonyl (C=O) groups is 1. The SMILES string of the molecule is COc1cccc(NC(=O)C(Sc2n[nH]c(-c3cccs3)n2)c2ccccc2)c1. The molecule has 2 heterocycles. The van der Waals surface area contributed by atoms with Gasteiger partial charge in [0.25, 0.3) is 0 Å². The Morgan fingerprint density at radius 2 is 2.00 bits per heavy atom. The zero-order valence-electron chi connectivity index (χ0n) is 15.5. The zero-order chi connectivity index (χ0) is 20.1. The molecule has 4 aromatic rings. The maximum atomic E-state index is 13.1. The van der Waals surface area contributed by atoms with Gasteiger partial charge in [-0.25, -0.2) is 4.98 Å². The highest BCUT2D eigenvalue weighted by Gasteiger charge is 2.24. The number of hydrogen-bond donors (Lipinski definition) is 2. The molecule has 0 saturated carbocycles. The van der Waals surface area contributed by atoms with Crippen LogP contribution in [0.15, 0.2) is 77.3 Å². The largest absolute Gasteiger partial charge is 0.497 e. The van der Waals surface area contributed by atoms with Crippen LogP contribution in [0.25, 0.3) is 10.7 Å². The topological polar surface area (TPSA) is 79.9 Å². The van der Waals surface area contributed by atoms with E-state index in [9.17, 15) is 4.79 Å². The molecule has 0 saturated heterocycles. The van der Waals surface area contributed by atoms with E-state index in [1.807, 2.05) is 66.0 Å². The lowest BCUT2D eigenvalue weighted by atomic mass is 10.1. The smallest absolute Gasteiger partial charge is 0.242 e. The van der Waals surface area contributed by atoms with Gasteiger partial charge in [0.15, 0.2) is 5.82 Å². The summed E-state index contributed by atoms with van der Waals surface area (Å²) in [6.07, 6.45) is 0. The van der Waals surface area contributed by atoms with Gasteiger partial charge in [0.05, 0.1) is 12.0 Å². The molecule has 0 fully saturated rings. The Kier molecular flexibility index (Phi) is 5.92. The number of benzene rings is 2. The van der Waals surface area contributed by atoms with Crippen LogP contribution in [0.1, 0.15) is 10.8 Å². The number of ether oxygens (including phenoxy) is 1. The highest BCUT2D eigenvalue weighted by atomic mass is 32.2. The third kappa shape index (κ3) is 4.67. The number of nitrogens with one attached hydrogen (secondary N) is 2. The fraction of sp³-hybridized carbons (Fsp3) is 0.0952. The van der Waals surface area contributed by atoms with E-state index in [2.05, 4.69) is 20.5 Å². The van der Waals surface area contributed by atoms with Crippen molar-refractivity contribution in [2.24, 2.45) is 0 Å². The van der Waals surface area contributed by atoms with E-state index in [0.29, 0.717) is 22.4 Å². The number of rotatable bonds is 7. The van der Waals surface area contributed by atoms with Gasteiger partial charge in [-0.3, -0.25) is 9.89 Å². The summed E-state index contributed by atoms with van der Waals surface area (Å²) in [7, 11) is 1.60. The molecule has 0 bridgehead atoms. The molecule has 1 unspecified atom stereocenters. The minimum Gasteiger partial charge on any atom is -0.497 e. The molecule has 29 heavy (non-hydrogen) atoms. The van der Waals surface area contributed by atoms with E-state index in [-0.39, 0.29) is 5.91 Å². The average molecular weight is 423 g/mol. The first-order valence-corrected chi connectivity index (χ1v) is 10.6.